The van der Waals surface area contributed by atoms with Crippen molar-refractivity contribution in [3.05, 3.63) is 0 Å². The maximum absolute atomic E-state index is 11.4. The molecule has 0 aliphatic carbocycles. The van der Waals surface area contributed by atoms with Gasteiger partial charge in [-0.2, -0.15) is 4.31 Å². The van der Waals surface area contributed by atoms with Crippen LogP contribution in [0.25, 0.3) is 0 Å². The van der Waals surface area contributed by atoms with Crippen LogP contribution in [0.2, 0.25) is 0 Å². The van der Waals surface area contributed by atoms with Gasteiger partial charge in [0.25, 0.3) is 0 Å². The van der Waals surface area contributed by atoms with E-state index in [4.69, 9.17) is 5.11 Å². The summed E-state index contributed by atoms with van der Waals surface area (Å²) < 4.78 is 23.8. The first kappa shape index (κ1) is 10.5. The van der Waals surface area contributed by atoms with Crippen LogP contribution in [0.15, 0.2) is 0 Å². The quantitative estimate of drug-likeness (QED) is 0.677. The number of hydrogen-bond donors (Lipinski definition) is 1. The molecular formula is C7H13NO4S. The van der Waals surface area contributed by atoms with E-state index in [1.165, 1.54) is 6.92 Å². The van der Waals surface area contributed by atoms with Crippen LogP contribution in [0, 0.1) is 5.92 Å². The summed E-state index contributed by atoms with van der Waals surface area (Å²) in [6, 6.07) is -0.949. The first-order valence-corrected chi connectivity index (χ1v) is 5.68. The van der Waals surface area contributed by atoms with Crippen LogP contribution in [0.4, 0.5) is 0 Å². The molecule has 76 valence electrons. The number of hydrogen-bond acceptors (Lipinski definition) is 3. The van der Waals surface area contributed by atoms with E-state index in [1.54, 1.807) is 6.92 Å². The Bertz CT molecular complexity index is 310. The van der Waals surface area contributed by atoms with Gasteiger partial charge in [-0.25, -0.2) is 8.42 Å². The lowest BCUT2D eigenvalue weighted by atomic mass is 10.2. The molecule has 0 aromatic rings. The summed E-state index contributed by atoms with van der Waals surface area (Å²) >= 11 is 0. The van der Waals surface area contributed by atoms with Crippen LogP contribution in [0.5, 0.6) is 0 Å². The fourth-order valence-electron chi connectivity index (χ4n) is 1.45. The molecule has 1 rings (SSSR count). The molecule has 2 atom stereocenters. The van der Waals surface area contributed by atoms with Crippen molar-refractivity contribution in [2.75, 3.05) is 12.3 Å². The van der Waals surface area contributed by atoms with Gasteiger partial charge >= 0.3 is 5.97 Å². The average Bonchev–Trinajstić information content (AvgIpc) is 2.22. The van der Waals surface area contributed by atoms with Crippen LogP contribution in [-0.4, -0.2) is 42.1 Å². The van der Waals surface area contributed by atoms with Gasteiger partial charge in [0.15, 0.2) is 0 Å². The lowest BCUT2D eigenvalue weighted by molar-refractivity contribution is -0.140. The topological polar surface area (TPSA) is 74.7 Å². The molecule has 2 unspecified atom stereocenters. The Labute approximate surface area is 77.4 Å². The van der Waals surface area contributed by atoms with E-state index in [0.717, 1.165) is 4.31 Å². The van der Waals surface area contributed by atoms with E-state index in [2.05, 4.69) is 0 Å². The molecule has 0 bridgehead atoms. The lowest BCUT2D eigenvalue weighted by Crippen LogP contribution is -2.40. The van der Waals surface area contributed by atoms with Gasteiger partial charge in [-0.15, -0.1) is 0 Å². The summed E-state index contributed by atoms with van der Waals surface area (Å²) in [4.78, 5) is 10.6. The Morgan fingerprint density at radius 1 is 1.62 bits per heavy atom. The predicted molar refractivity (Wildman–Crippen MR) is 46.8 cm³/mol. The molecule has 13 heavy (non-hydrogen) atoms. The van der Waals surface area contributed by atoms with E-state index >= 15 is 0 Å². The number of rotatable bonds is 2. The Morgan fingerprint density at radius 3 is 2.46 bits per heavy atom. The maximum Gasteiger partial charge on any atom is 0.321 e. The molecule has 0 aromatic heterocycles. The fraction of sp³-hybridized carbons (Fsp3) is 0.857. The summed E-state index contributed by atoms with van der Waals surface area (Å²) in [5.74, 6) is -1.02. The van der Waals surface area contributed by atoms with Gasteiger partial charge in [-0.1, -0.05) is 6.92 Å². The Balaban J connectivity index is 2.88. The van der Waals surface area contributed by atoms with Crippen molar-refractivity contribution in [3.8, 4) is 0 Å². The smallest absolute Gasteiger partial charge is 0.321 e. The van der Waals surface area contributed by atoms with Crippen molar-refractivity contribution in [2.45, 2.75) is 19.9 Å². The third-order valence-electron chi connectivity index (χ3n) is 2.13. The molecule has 1 heterocycles. The minimum absolute atomic E-state index is 0.0202. The Kier molecular flexibility index (Phi) is 2.63. The number of carbonyl (C=O) groups is 1. The van der Waals surface area contributed by atoms with Gasteiger partial charge < -0.3 is 5.11 Å². The number of sulfonamides is 1. The third kappa shape index (κ3) is 2.00. The Hall–Kier alpha value is -0.620. The first-order valence-electron chi connectivity index (χ1n) is 4.07. The normalized spacial score (nSPS) is 30.2. The zero-order chi connectivity index (χ0) is 10.2. The van der Waals surface area contributed by atoms with Crippen molar-refractivity contribution in [2.24, 2.45) is 5.92 Å². The van der Waals surface area contributed by atoms with Crippen molar-refractivity contribution >= 4 is 16.0 Å². The first-order chi connectivity index (χ1) is 5.84. The summed E-state index contributed by atoms with van der Waals surface area (Å²) in [7, 11) is -3.33. The SMILES string of the molecule is CC1CN(C(C)C(=O)O)S(=O)(=O)C1. The number of carboxylic acids is 1. The van der Waals surface area contributed by atoms with E-state index < -0.39 is 22.0 Å². The minimum atomic E-state index is -3.33. The van der Waals surface area contributed by atoms with Gasteiger partial charge in [0.2, 0.25) is 10.0 Å². The third-order valence-corrected chi connectivity index (χ3v) is 4.30. The zero-order valence-electron chi connectivity index (χ0n) is 7.60. The molecule has 0 saturated carbocycles. The van der Waals surface area contributed by atoms with Crippen LogP contribution in [0.3, 0.4) is 0 Å². The van der Waals surface area contributed by atoms with Crippen molar-refractivity contribution in [3.63, 3.8) is 0 Å². The minimum Gasteiger partial charge on any atom is -0.480 e. The fourth-order valence-corrected chi connectivity index (χ4v) is 3.52. The molecule has 0 radical (unpaired) electrons. The molecule has 1 saturated heterocycles. The number of aliphatic carboxylic acids is 1. The van der Waals surface area contributed by atoms with E-state index in [-0.39, 0.29) is 11.7 Å². The number of carboxylic acid groups (broad SMARTS) is 1. The highest BCUT2D eigenvalue weighted by Crippen LogP contribution is 2.21. The summed E-state index contributed by atoms with van der Waals surface area (Å²) in [5.41, 5.74) is 0. The van der Waals surface area contributed by atoms with Crippen LogP contribution < -0.4 is 0 Å². The van der Waals surface area contributed by atoms with Crippen molar-refractivity contribution < 1.29 is 18.3 Å². The second-order valence-corrected chi connectivity index (χ2v) is 5.43. The molecule has 1 fully saturated rings. The van der Waals surface area contributed by atoms with Gasteiger partial charge in [0.1, 0.15) is 6.04 Å². The monoisotopic (exact) mass is 207 g/mol. The van der Waals surface area contributed by atoms with Gasteiger partial charge in [0.05, 0.1) is 5.75 Å². The molecular weight excluding hydrogens is 194 g/mol. The molecule has 0 aromatic carbocycles. The summed E-state index contributed by atoms with van der Waals surface area (Å²) in [6.45, 7) is 3.50. The molecule has 1 N–H and O–H groups in total. The largest absolute Gasteiger partial charge is 0.480 e. The van der Waals surface area contributed by atoms with Crippen LogP contribution in [0.1, 0.15) is 13.8 Å². The van der Waals surface area contributed by atoms with Gasteiger partial charge in [0, 0.05) is 6.54 Å². The van der Waals surface area contributed by atoms with E-state index in [1.807, 2.05) is 0 Å². The highest BCUT2D eigenvalue weighted by Gasteiger charge is 2.39. The van der Waals surface area contributed by atoms with E-state index in [9.17, 15) is 13.2 Å². The molecule has 5 nitrogen and oxygen atoms in total. The van der Waals surface area contributed by atoms with Crippen molar-refractivity contribution in [1.29, 1.82) is 0 Å². The highest BCUT2D eigenvalue weighted by molar-refractivity contribution is 7.89. The number of nitrogens with zero attached hydrogens (tertiary/aromatic N) is 1. The molecule has 6 heteroatoms. The van der Waals surface area contributed by atoms with Gasteiger partial charge in [-0.05, 0) is 12.8 Å². The molecule has 1 aliphatic heterocycles. The molecule has 0 spiro atoms. The zero-order valence-corrected chi connectivity index (χ0v) is 8.41. The van der Waals surface area contributed by atoms with Gasteiger partial charge in [-0.3, -0.25) is 4.79 Å². The predicted octanol–water partition coefficient (Wildman–Crippen LogP) is -0.259. The van der Waals surface area contributed by atoms with Crippen molar-refractivity contribution in [1.82, 2.24) is 4.31 Å². The summed E-state index contributed by atoms with van der Waals surface area (Å²) in [5, 5.41) is 8.65. The average molecular weight is 207 g/mol. The molecule has 1 aliphatic rings. The standard InChI is InChI=1S/C7H13NO4S/c1-5-3-8(6(2)7(9)10)13(11,12)4-5/h5-6H,3-4H2,1-2H3,(H,9,10). The Morgan fingerprint density at radius 2 is 2.15 bits per heavy atom. The van der Waals surface area contributed by atoms with Crippen LogP contribution >= 0.6 is 0 Å². The molecule has 0 amide bonds. The second-order valence-electron chi connectivity index (χ2n) is 3.47. The second kappa shape index (κ2) is 3.26. The lowest BCUT2D eigenvalue weighted by Gasteiger charge is -2.18. The highest BCUT2D eigenvalue weighted by atomic mass is 32.2. The summed E-state index contributed by atoms with van der Waals surface area (Å²) in [6.07, 6.45) is 0. The maximum atomic E-state index is 11.4. The van der Waals surface area contributed by atoms with E-state index in [0.29, 0.717) is 6.54 Å². The van der Waals surface area contributed by atoms with Crippen LogP contribution in [-0.2, 0) is 14.8 Å².